The van der Waals surface area contributed by atoms with Crippen molar-refractivity contribution >= 4 is 5.91 Å². The van der Waals surface area contributed by atoms with E-state index in [-0.39, 0.29) is 11.3 Å². The Kier molecular flexibility index (Phi) is 5.76. The maximum Gasteiger partial charge on any atom is 0.225 e. The molecule has 2 heteroatoms. The fourth-order valence-electron chi connectivity index (χ4n) is 0.977. The van der Waals surface area contributed by atoms with Crippen molar-refractivity contribution in [1.29, 1.82) is 0 Å². The van der Waals surface area contributed by atoms with Gasteiger partial charge in [0.1, 0.15) is 0 Å². The van der Waals surface area contributed by atoms with Crippen LogP contribution in [0.25, 0.3) is 0 Å². The number of rotatable bonds is 6. The van der Waals surface area contributed by atoms with Crippen LogP contribution in [-0.2, 0) is 4.79 Å². The van der Waals surface area contributed by atoms with Crippen molar-refractivity contribution in [3.63, 3.8) is 0 Å². The summed E-state index contributed by atoms with van der Waals surface area (Å²) in [5, 5.41) is 2.97. The van der Waals surface area contributed by atoms with Gasteiger partial charge in [-0.1, -0.05) is 40.5 Å². The van der Waals surface area contributed by atoms with Gasteiger partial charge in [0.25, 0.3) is 0 Å². The molecule has 0 saturated carbocycles. The number of hydrogen-bond acceptors (Lipinski definition) is 1. The van der Waals surface area contributed by atoms with E-state index in [4.69, 9.17) is 0 Å². The van der Waals surface area contributed by atoms with Crippen LogP contribution in [0.3, 0.4) is 0 Å². The van der Waals surface area contributed by atoms with E-state index in [0.717, 1.165) is 19.4 Å². The van der Waals surface area contributed by atoms with Crippen molar-refractivity contribution in [2.45, 2.75) is 53.4 Å². The van der Waals surface area contributed by atoms with E-state index in [9.17, 15) is 4.79 Å². The quantitative estimate of drug-likeness (QED) is 0.633. The maximum atomic E-state index is 11.5. The zero-order valence-electron chi connectivity index (χ0n) is 9.44. The largest absolute Gasteiger partial charge is 0.356 e. The summed E-state index contributed by atoms with van der Waals surface area (Å²) in [7, 11) is 0. The third-order valence-corrected chi connectivity index (χ3v) is 2.56. The molecule has 0 unspecified atom stereocenters. The second-order valence-electron chi connectivity index (χ2n) is 4.20. The van der Waals surface area contributed by atoms with E-state index < -0.39 is 0 Å². The van der Waals surface area contributed by atoms with Crippen LogP contribution in [-0.4, -0.2) is 12.5 Å². The number of carbonyl (C=O) groups excluding carboxylic acids is 1. The lowest BCUT2D eigenvalue weighted by Gasteiger charge is -2.21. The minimum absolute atomic E-state index is 0.186. The van der Waals surface area contributed by atoms with Crippen molar-refractivity contribution in [3.05, 3.63) is 0 Å². The summed E-state index contributed by atoms with van der Waals surface area (Å²) in [6, 6.07) is 0. The van der Waals surface area contributed by atoms with Crippen LogP contribution in [0, 0.1) is 5.41 Å². The molecule has 0 bridgehead atoms. The Hall–Kier alpha value is -0.530. The van der Waals surface area contributed by atoms with Gasteiger partial charge in [-0.25, -0.2) is 0 Å². The SMILES string of the molecule is CCCCCNC(=O)C(C)(C)CC. The second kappa shape index (κ2) is 6.01. The van der Waals surface area contributed by atoms with Crippen LogP contribution in [0.1, 0.15) is 53.4 Å². The Morgan fingerprint density at radius 1 is 1.23 bits per heavy atom. The molecule has 0 saturated heterocycles. The van der Waals surface area contributed by atoms with E-state index >= 15 is 0 Å². The first-order chi connectivity index (χ1) is 6.04. The van der Waals surface area contributed by atoms with E-state index in [2.05, 4.69) is 12.2 Å². The lowest BCUT2D eigenvalue weighted by atomic mass is 9.89. The monoisotopic (exact) mass is 185 g/mol. The van der Waals surface area contributed by atoms with Crippen molar-refractivity contribution in [2.24, 2.45) is 5.41 Å². The minimum atomic E-state index is -0.202. The fraction of sp³-hybridized carbons (Fsp3) is 0.909. The molecule has 2 nitrogen and oxygen atoms in total. The molecule has 0 aliphatic carbocycles. The first kappa shape index (κ1) is 12.5. The Morgan fingerprint density at radius 2 is 1.85 bits per heavy atom. The summed E-state index contributed by atoms with van der Waals surface area (Å²) in [6.07, 6.45) is 4.40. The van der Waals surface area contributed by atoms with E-state index in [1.807, 2.05) is 20.8 Å². The Morgan fingerprint density at radius 3 is 2.31 bits per heavy atom. The summed E-state index contributed by atoms with van der Waals surface area (Å²) in [5.41, 5.74) is -0.202. The highest BCUT2D eigenvalue weighted by Gasteiger charge is 2.24. The molecule has 0 radical (unpaired) electrons. The molecular weight excluding hydrogens is 162 g/mol. The first-order valence-electron chi connectivity index (χ1n) is 5.33. The summed E-state index contributed by atoms with van der Waals surface area (Å²) >= 11 is 0. The zero-order valence-corrected chi connectivity index (χ0v) is 9.44. The molecule has 0 fully saturated rings. The lowest BCUT2D eigenvalue weighted by molar-refractivity contribution is -0.129. The van der Waals surface area contributed by atoms with Gasteiger partial charge in [0.15, 0.2) is 0 Å². The second-order valence-corrected chi connectivity index (χ2v) is 4.20. The van der Waals surface area contributed by atoms with Crippen LogP contribution < -0.4 is 5.32 Å². The van der Waals surface area contributed by atoms with Crippen molar-refractivity contribution in [2.75, 3.05) is 6.54 Å². The lowest BCUT2D eigenvalue weighted by Crippen LogP contribution is -2.36. The predicted octanol–water partition coefficient (Wildman–Crippen LogP) is 2.73. The van der Waals surface area contributed by atoms with Crippen LogP contribution in [0.2, 0.25) is 0 Å². The number of unbranched alkanes of at least 4 members (excludes halogenated alkanes) is 2. The standard InChI is InChI=1S/C11H23NO/c1-5-7-8-9-12-10(13)11(3,4)6-2/h5-9H2,1-4H3,(H,12,13). The smallest absolute Gasteiger partial charge is 0.225 e. The molecule has 0 spiro atoms. The third-order valence-electron chi connectivity index (χ3n) is 2.56. The van der Waals surface area contributed by atoms with Gasteiger partial charge < -0.3 is 5.32 Å². The normalized spacial score (nSPS) is 11.4. The summed E-state index contributed by atoms with van der Waals surface area (Å²) in [4.78, 5) is 11.5. The molecule has 0 heterocycles. The molecule has 13 heavy (non-hydrogen) atoms. The Bertz CT molecular complexity index is 152. The topological polar surface area (TPSA) is 29.1 Å². The highest BCUT2D eigenvalue weighted by atomic mass is 16.2. The number of nitrogens with one attached hydrogen (secondary N) is 1. The van der Waals surface area contributed by atoms with Gasteiger partial charge in [0, 0.05) is 12.0 Å². The highest BCUT2D eigenvalue weighted by Crippen LogP contribution is 2.19. The average molecular weight is 185 g/mol. The van der Waals surface area contributed by atoms with E-state index in [1.165, 1.54) is 12.8 Å². The average Bonchev–Trinajstić information content (AvgIpc) is 2.12. The van der Waals surface area contributed by atoms with Gasteiger partial charge in [-0.2, -0.15) is 0 Å². The maximum absolute atomic E-state index is 11.5. The molecule has 0 aliphatic heterocycles. The molecule has 0 aromatic carbocycles. The third kappa shape index (κ3) is 4.91. The van der Waals surface area contributed by atoms with Gasteiger partial charge in [-0.3, -0.25) is 4.79 Å². The fourth-order valence-corrected chi connectivity index (χ4v) is 0.977. The summed E-state index contributed by atoms with van der Waals surface area (Å²) < 4.78 is 0. The first-order valence-corrected chi connectivity index (χ1v) is 5.33. The van der Waals surface area contributed by atoms with Gasteiger partial charge in [-0.15, -0.1) is 0 Å². The molecule has 0 rings (SSSR count). The van der Waals surface area contributed by atoms with Gasteiger partial charge in [0.05, 0.1) is 0 Å². The molecule has 78 valence electrons. The number of amides is 1. The van der Waals surface area contributed by atoms with Crippen molar-refractivity contribution in [3.8, 4) is 0 Å². The Balaban J connectivity index is 3.62. The molecule has 0 aromatic heterocycles. The molecule has 1 amide bonds. The van der Waals surface area contributed by atoms with Crippen LogP contribution in [0.4, 0.5) is 0 Å². The molecule has 0 aliphatic rings. The zero-order chi connectivity index (χ0) is 10.3. The predicted molar refractivity (Wildman–Crippen MR) is 56.6 cm³/mol. The van der Waals surface area contributed by atoms with Gasteiger partial charge in [-0.05, 0) is 12.8 Å². The minimum Gasteiger partial charge on any atom is -0.356 e. The van der Waals surface area contributed by atoms with Crippen molar-refractivity contribution in [1.82, 2.24) is 5.32 Å². The van der Waals surface area contributed by atoms with E-state index in [0.29, 0.717) is 0 Å². The van der Waals surface area contributed by atoms with E-state index in [1.54, 1.807) is 0 Å². The molecule has 0 atom stereocenters. The van der Waals surface area contributed by atoms with Crippen LogP contribution in [0.5, 0.6) is 0 Å². The van der Waals surface area contributed by atoms with Crippen LogP contribution in [0.15, 0.2) is 0 Å². The van der Waals surface area contributed by atoms with Gasteiger partial charge in [0.2, 0.25) is 5.91 Å². The number of carbonyl (C=O) groups is 1. The molecular formula is C11H23NO. The van der Waals surface area contributed by atoms with Crippen LogP contribution >= 0.6 is 0 Å². The molecule has 0 aromatic rings. The Labute approximate surface area is 82.1 Å². The summed E-state index contributed by atoms with van der Waals surface area (Å²) in [5.74, 6) is 0.186. The molecule has 1 N–H and O–H groups in total. The summed E-state index contributed by atoms with van der Waals surface area (Å²) in [6.45, 7) is 9.02. The number of hydrogen-bond donors (Lipinski definition) is 1. The highest BCUT2D eigenvalue weighted by molar-refractivity contribution is 5.81. The van der Waals surface area contributed by atoms with Gasteiger partial charge >= 0.3 is 0 Å². The van der Waals surface area contributed by atoms with Crippen molar-refractivity contribution < 1.29 is 4.79 Å².